The van der Waals surface area contributed by atoms with Crippen molar-refractivity contribution in [1.29, 1.82) is 0 Å². The van der Waals surface area contributed by atoms with E-state index >= 15 is 0 Å². The number of hydrogen-bond acceptors (Lipinski definition) is 2. The Bertz CT molecular complexity index is 351. The summed E-state index contributed by atoms with van der Waals surface area (Å²) in [6.07, 6.45) is 10.4. The molecule has 22 heavy (non-hydrogen) atoms. The SMILES string of the molecule is CC(C)C1C(C2CCCCC2)OCC12CCN(C(C)C)CC2. The molecule has 128 valence electrons. The molecular formula is C20H37NO. The molecule has 0 aromatic rings. The van der Waals surface area contributed by atoms with Crippen molar-refractivity contribution >= 4 is 0 Å². The zero-order valence-electron chi connectivity index (χ0n) is 15.3. The van der Waals surface area contributed by atoms with Crippen LogP contribution < -0.4 is 0 Å². The summed E-state index contributed by atoms with van der Waals surface area (Å²) in [6.45, 7) is 13.2. The topological polar surface area (TPSA) is 12.5 Å². The number of nitrogens with zero attached hydrogens (tertiary/aromatic N) is 1. The van der Waals surface area contributed by atoms with E-state index in [1.807, 2.05) is 0 Å². The molecule has 3 fully saturated rings. The van der Waals surface area contributed by atoms with Crippen LogP contribution >= 0.6 is 0 Å². The lowest BCUT2D eigenvalue weighted by molar-refractivity contribution is 0.0147. The van der Waals surface area contributed by atoms with Crippen molar-refractivity contribution in [3.63, 3.8) is 0 Å². The molecule has 1 spiro atoms. The standard InChI is InChI=1S/C20H37NO/c1-15(2)18-19(17-8-6-5-7-9-17)22-14-20(18)10-12-21(13-11-20)16(3)4/h15-19H,5-14H2,1-4H3. The van der Waals surface area contributed by atoms with Crippen LogP contribution in [0.3, 0.4) is 0 Å². The maximum absolute atomic E-state index is 6.54. The molecule has 2 heterocycles. The van der Waals surface area contributed by atoms with Crippen LogP contribution in [0.5, 0.6) is 0 Å². The van der Waals surface area contributed by atoms with E-state index in [0.29, 0.717) is 17.6 Å². The maximum atomic E-state index is 6.54. The second-order valence-electron chi connectivity index (χ2n) is 8.94. The molecule has 1 saturated carbocycles. The molecule has 0 aromatic heterocycles. The van der Waals surface area contributed by atoms with E-state index < -0.39 is 0 Å². The van der Waals surface area contributed by atoms with Crippen molar-refractivity contribution in [3.05, 3.63) is 0 Å². The van der Waals surface area contributed by atoms with E-state index in [9.17, 15) is 0 Å². The Balaban J connectivity index is 1.72. The highest BCUT2D eigenvalue weighted by Crippen LogP contribution is 2.53. The molecule has 2 heteroatoms. The molecule has 2 nitrogen and oxygen atoms in total. The summed E-state index contributed by atoms with van der Waals surface area (Å²) >= 11 is 0. The summed E-state index contributed by atoms with van der Waals surface area (Å²) in [5.41, 5.74) is 0.488. The van der Waals surface area contributed by atoms with Gasteiger partial charge in [-0.1, -0.05) is 33.1 Å². The van der Waals surface area contributed by atoms with Gasteiger partial charge in [-0.2, -0.15) is 0 Å². The van der Waals surface area contributed by atoms with Crippen molar-refractivity contribution in [2.45, 2.75) is 84.8 Å². The molecule has 0 aromatic carbocycles. The van der Waals surface area contributed by atoms with Crippen molar-refractivity contribution in [2.24, 2.45) is 23.2 Å². The fraction of sp³-hybridized carbons (Fsp3) is 1.00. The van der Waals surface area contributed by atoms with Crippen LogP contribution in [0.25, 0.3) is 0 Å². The van der Waals surface area contributed by atoms with E-state index in [-0.39, 0.29) is 0 Å². The van der Waals surface area contributed by atoms with Crippen LogP contribution in [-0.4, -0.2) is 36.7 Å². The predicted octanol–water partition coefficient (Wildman–Crippen LogP) is 4.73. The fourth-order valence-corrected chi connectivity index (χ4v) is 5.75. The van der Waals surface area contributed by atoms with Gasteiger partial charge < -0.3 is 9.64 Å². The number of rotatable bonds is 3. The third-order valence-electron chi connectivity index (χ3n) is 6.98. The van der Waals surface area contributed by atoms with E-state index in [4.69, 9.17) is 4.74 Å². The molecule has 0 bridgehead atoms. The molecule has 0 N–H and O–H groups in total. The summed E-state index contributed by atoms with van der Waals surface area (Å²) in [6, 6.07) is 0.700. The molecule has 2 unspecified atom stereocenters. The van der Waals surface area contributed by atoms with E-state index in [1.165, 1.54) is 58.0 Å². The summed E-state index contributed by atoms with van der Waals surface area (Å²) in [4.78, 5) is 2.66. The van der Waals surface area contributed by atoms with Crippen LogP contribution in [-0.2, 0) is 4.74 Å². The van der Waals surface area contributed by atoms with Gasteiger partial charge in [-0.3, -0.25) is 0 Å². The maximum Gasteiger partial charge on any atom is 0.0640 e. The molecule has 2 aliphatic heterocycles. The smallest absolute Gasteiger partial charge is 0.0640 e. The van der Waals surface area contributed by atoms with Crippen LogP contribution in [0, 0.1) is 23.2 Å². The first-order valence-electron chi connectivity index (χ1n) is 9.89. The largest absolute Gasteiger partial charge is 0.377 e. The Morgan fingerprint density at radius 3 is 2.14 bits per heavy atom. The van der Waals surface area contributed by atoms with Crippen LogP contribution in [0.15, 0.2) is 0 Å². The van der Waals surface area contributed by atoms with Gasteiger partial charge in [-0.15, -0.1) is 0 Å². The normalized spacial score (nSPS) is 34.1. The number of likely N-dealkylation sites (tertiary alicyclic amines) is 1. The summed E-state index contributed by atoms with van der Waals surface area (Å²) in [5.74, 6) is 2.41. The minimum Gasteiger partial charge on any atom is -0.377 e. The van der Waals surface area contributed by atoms with Gasteiger partial charge in [0.25, 0.3) is 0 Å². The van der Waals surface area contributed by atoms with Crippen molar-refractivity contribution in [3.8, 4) is 0 Å². The van der Waals surface area contributed by atoms with Gasteiger partial charge in [-0.25, -0.2) is 0 Å². The van der Waals surface area contributed by atoms with Crippen LogP contribution in [0.1, 0.15) is 72.6 Å². The molecule has 3 rings (SSSR count). The Labute approximate surface area is 138 Å². The first-order valence-corrected chi connectivity index (χ1v) is 9.89. The van der Waals surface area contributed by atoms with E-state index in [0.717, 1.165) is 24.4 Å². The predicted molar refractivity (Wildman–Crippen MR) is 93.0 cm³/mol. The van der Waals surface area contributed by atoms with Gasteiger partial charge in [0.05, 0.1) is 12.7 Å². The van der Waals surface area contributed by atoms with Crippen molar-refractivity contribution < 1.29 is 4.74 Å². The lowest BCUT2D eigenvalue weighted by atomic mass is 9.62. The Morgan fingerprint density at radius 2 is 1.59 bits per heavy atom. The number of piperidine rings is 1. The monoisotopic (exact) mass is 307 g/mol. The molecule has 3 aliphatic rings. The third kappa shape index (κ3) is 3.11. The summed E-state index contributed by atoms with van der Waals surface area (Å²) < 4.78 is 6.54. The quantitative estimate of drug-likeness (QED) is 0.747. The fourth-order valence-electron chi connectivity index (χ4n) is 5.75. The summed E-state index contributed by atoms with van der Waals surface area (Å²) in [5, 5.41) is 0. The highest BCUT2D eigenvalue weighted by molar-refractivity contribution is 5.02. The van der Waals surface area contributed by atoms with Gasteiger partial charge in [0.1, 0.15) is 0 Å². The first kappa shape index (κ1) is 16.8. The lowest BCUT2D eigenvalue weighted by Gasteiger charge is -2.46. The molecule has 0 radical (unpaired) electrons. The molecule has 0 amide bonds. The number of ether oxygens (including phenoxy) is 1. The van der Waals surface area contributed by atoms with Crippen molar-refractivity contribution in [2.75, 3.05) is 19.7 Å². The van der Waals surface area contributed by atoms with Crippen molar-refractivity contribution in [1.82, 2.24) is 4.90 Å². The molecule has 2 atom stereocenters. The zero-order chi connectivity index (χ0) is 15.7. The average Bonchev–Trinajstić information content (AvgIpc) is 2.88. The van der Waals surface area contributed by atoms with Gasteiger partial charge >= 0.3 is 0 Å². The van der Waals surface area contributed by atoms with Gasteiger partial charge in [-0.05, 0) is 70.4 Å². The lowest BCUT2D eigenvalue weighted by Crippen LogP contribution is -2.48. The zero-order valence-corrected chi connectivity index (χ0v) is 15.3. The van der Waals surface area contributed by atoms with Gasteiger partial charge in [0.2, 0.25) is 0 Å². The van der Waals surface area contributed by atoms with Gasteiger partial charge in [0, 0.05) is 11.5 Å². The average molecular weight is 308 g/mol. The van der Waals surface area contributed by atoms with E-state index in [1.54, 1.807) is 0 Å². The number of hydrogen-bond donors (Lipinski definition) is 0. The van der Waals surface area contributed by atoms with Gasteiger partial charge in [0.15, 0.2) is 0 Å². The Morgan fingerprint density at radius 1 is 0.955 bits per heavy atom. The Kier molecular flexibility index (Phi) is 5.19. The third-order valence-corrected chi connectivity index (χ3v) is 6.98. The first-order chi connectivity index (χ1) is 10.5. The minimum absolute atomic E-state index is 0.488. The highest BCUT2D eigenvalue weighted by Gasteiger charge is 2.53. The minimum atomic E-state index is 0.488. The summed E-state index contributed by atoms with van der Waals surface area (Å²) in [7, 11) is 0. The Hall–Kier alpha value is -0.0800. The highest BCUT2D eigenvalue weighted by atomic mass is 16.5. The second-order valence-corrected chi connectivity index (χ2v) is 8.94. The van der Waals surface area contributed by atoms with Crippen LogP contribution in [0.2, 0.25) is 0 Å². The second kappa shape index (κ2) is 6.81. The molecular weight excluding hydrogens is 270 g/mol. The molecule has 2 saturated heterocycles. The van der Waals surface area contributed by atoms with Crippen LogP contribution in [0.4, 0.5) is 0 Å². The molecule has 1 aliphatic carbocycles. The van der Waals surface area contributed by atoms with E-state index in [2.05, 4.69) is 32.6 Å².